The summed E-state index contributed by atoms with van der Waals surface area (Å²) in [6.07, 6.45) is -0.450. The molecule has 0 bridgehead atoms. The summed E-state index contributed by atoms with van der Waals surface area (Å²) >= 11 is 1.62. The van der Waals surface area contributed by atoms with Gasteiger partial charge in [-0.05, 0) is 41.8 Å². The van der Waals surface area contributed by atoms with E-state index >= 15 is 0 Å². The summed E-state index contributed by atoms with van der Waals surface area (Å²) in [7, 11) is 6.34. The first-order valence-corrected chi connectivity index (χ1v) is 10.1. The number of thioether (sulfide) groups is 1. The lowest BCUT2D eigenvalue weighted by atomic mass is 9.96. The van der Waals surface area contributed by atoms with Crippen molar-refractivity contribution >= 4 is 17.9 Å². The van der Waals surface area contributed by atoms with E-state index in [0.29, 0.717) is 41.7 Å². The molecule has 1 atom stereocenters. The second kappa shape index (κ2) is 9.17. The van der Waals surface area contributed by atoms with Gasteiger partial charge in [0.15, 0.2) is 23.0 Å². The maximum Gasteiger partial charge on any atom is 0.407 e. The second-order valence-electron chi connectivity index (χ2n) is 6.48. The van der Waals surface area contributed by atoms with Crippen molar-refractivity contribution in [2.24, 2.45) is 0 Å². The molecule has 0 saturated carbocycles. The molecular weight excluding hydrogens is 394 g/mol. The van der Waals surface area contributed by atoms with Gasteiger partial charge in [0.25, 0.3) is 0 Å². The molecule has 2 aromatic rings. The number of ether oxygens (including phenoxy) is 4. The number of hydrogen-bond donors (Lipinski definition) is 1. The van der Waals surface area contributed by atoms with Crippen LogP contribution >= 0.6 is 11.8 Å². The normalized spacial score (nSPS) is 15.9. The van der Waals surface area contributed by atoms with Crippen LogP contribution < -0.4 is 18.9 Å². The van der Waals surface area contributed by atoms with Crippen molar-refractivity contribution < 1.29 is 28.8 Å². The second-order valence-corrected chi connectivity index (χ2v) is 7.62. The van der Waals surface area contributed by atoms with Gasteiger partial charge in [-0.25, -0.2) is 4.79 Å². The molecule has 1 aliphatic heterocycles. The van der Waals surface area contributed by atoms with Crippen LogP contribution in [0.2, 0.25) is 0 Å². The Hall–Kier alpha value is -2.74. The molecular formula is C21H25NO6S. The summed E-state index contributed by atoms with van der Waals surface area (Å²) in [6, 6.07) is 9.09. The van der Waals surface area contributed by atoms with Gasteiger partial charge in [0, 0.05) is 17.2 Å². The molecule has 0 saturated heterocycles. The van der Waals surface area contributed by atoms with Crippen molar-refractivity contribution in [2.75, 3.05) is 40.7 Å². The minimum Gasteiger partial charge on any atom is -0.493 e. The molecule has 3 rings (SSSR count). The van der Waals surface area contributed by atoms with Crippen LogP contribution in [0.4, 0.5) is 4.79 Å². The Morgan fingerprint density at radius 2 is 1.62 bits per heavy atom. The third-order valence-electron chi connectivity index (χ3n) is 4.96. The molecule has 0 aliphatic carbocycles. The van der Waals surface area contributed by atoms with Gasteiger partial charge in [-0.2, -0.15) is 0 Å². The number of hydrogen-bond acceptors (Lipinski definition) is 6. The zero-order valence-electron chi connectivity index (χ0n) is 16.9. The summed E-state index contributed by atoms with van der Waals surface area (Å²) in [4.78, 5) is 14.5. The number of methoxy groups -OCH3 is 4. The quantitative estimate of drug-likeness (QED) is 0.756. The Morgan fingerprint density at radius 1 is 1.00 bits per heavy atom. The number of nitrogens with zero attached hydrogens (tertiary/aromatic N) is 1. The lowest BCUT2D eigenvalue weighted by molar-refractivity contribution is 0.127. The molecule has 0 spiro atoms. The summed E-state index contributed by atoms with van der Waals surface area (Å²) in [5.41, 5.74) is 1.86. The summed E-state index contributed by atoms with van der Waals surface area (Å²) in [5, 5.41) is 9.86. The average molecular weight is 419 g/mol. The van der Waals surface area contributed by atoms with Crippen molar-refractivity contribution in [3.63, 3.8) is 0 Å². The highest BCUT2D eigenvalue weighted by atomic mass is 32.2. The first-order chi connectivity index (χ1) is 14.0. The van der Waals surface area contributed by atoms with Crippen LogP contribution in [-0.4, -0.2) is 56.8 Å². The fourth-order valence-electron chi connectivity index (χ4n) is 3.52. The zero-order valence-corrected chi connectivity index (χ0v) is 17.7. The van der Waals surface area contributed by atoms with Crippen LogP contribution in [0.5, 0.6) is 23.0 Å². The van der Waals surface area contributed by atoms with E-state index in [9.17, 15) is 9.90 Å². The van der Waals surface area contributed by atoms with Gasteiger partial charge in [0.1, 0.15) is 0 Å². The molecule has 0 aromatic heterocycles. The molecule has 156 valence electrons. The SMILES string of the molecule is COc1ccc(CC2c3cc(OC)c(OC)cc3SCCN2C(=O)O)cc1OC. The fraction of sp³-hybridized carbons (Fsp3) is 0.381. The molecule has 0 fully saturated rings. The van der Waals surface area contributed by atoms with E-state index in [0.717, 1.165) is 16.0 Å². The first kappa shape index (κ1) is 21.0. The number of benzene rings is 2. The Balaban J connectivity index is 2.07. The van der Waals surface area contributed by atoms with Crippen LogP contribution in [0.3, 0.4) is 0 Å². The van der Waals surface area contributed by atoms with Gasteiger partial charge in [-0.1, -0.05) is 6.07 Å². The monoisotopic (exact) mass is 419 g/mol. The lowest BCUT2D eigenvalue weighted by Crippen LogP contribution is -2.35. The molecule has 1 heterocycles. The maximum atomic E-state index is 12.0. The first-order valence-electron chi connectivity index (χ1n) is 9.11. The van der Waals surface area contributed by atoms with Gasteiger partial charge in [-0.15, -0.1) is 11.8 Å². The van der Waals surface area contributed by atoms with E-state index in [2.05, 4.69) is 0 Å². The van der Waals surface area contributed by atoms with Crippen molar-refractivity contribution in [1.82, 2.24) is 4.90 Å². The van der Waals surface area contributed by atoms with E-state index in [1.165, 1.54) is 4.90 Å². The molecule has 7 nitrogen and oxygen atoms in total. The van der Waals surface area contributed by atoms with Gasteiger partial charge >= 0.3 is 6.09 Å². The van der Waals surface area contributed by atoms with Crippen LogP contribution in [0.15, 0.2) is 35.2 Å². The molecule has 1 N–H and O–H groups in total. The zero-order chi connectivity index (χ0) is 21.0. The van der Waals surface area contributed by atoms with Crippen molar-refractivity contribution in [1.29, 1.82) is 0 Å². The Labute approximate surface area is 174 Å². The van der Waals surface area contributed by atoms with Gasteiger partial charge < -0.3 is 29.0 Å². The minimum atomic E-state index is -0.946. The van der Waals surface area contributed by atoms with Crippen molar-refractivity contribution in [3.05, 3.63) is 41.5 Å². The Kier molecular flexibility index (Phi) is 6.64. The van der Waals surface area contributed by atoms with Crippen LogP contribution in [0.1, 0.15) is 17.2 Å². The Bertz CT molecular complexity index is 888. The molecule has 0 radical (unpaired) electrons. The molecule has 29 heavy (non-hydrogen) atoms. The highest BCUT2D eigenvalue weighted by Crippen LogP contribution is 2.43. The minimum absolute atomic E-state index is 0.365. The molecule has 1 aliphatic rings. The summed E-state index contributed by atoms with van der Waals surface area (Å²) in [6.45, 7) is 0.428. The Morgan fingerprint density at radius 3 is 2.24 bits per heavy atom. The molecule has 1 amide bonds. The van der Waals surface area contributed by atoms with Crippen LogP contribution in [0.25, 0.3) is 0 Å². The molecule has 2 aromatic carbocycles. The van der Waals surface area contributed by atoms with Gasteiger partial charge in [0.05, 0.1) is 34.5 Å². The number of carbonyl (C=O) groups is 1. The van der Waals surface area contributed by atoms with Crippen LogP contribution in [-0.2, 0) is 6.42 Å². The topological polar surface area (TPSA) is 77.5 Å². The maximum absolute atomic E-state index is 12.0. The largest absolute Gasteiger partial charge is 0.493 e. The summed E-state index contributed by atoms with van der Waals surface area (Å²) in [5.74, 6) is 3.12. The highest BCUT2D eigenvalue weighted by molar-refractivity contribution is 7.99. The van der Waals surface area contributed by atoms with E-state index in [1.54, 1.807) is 40.2 Å². The number of carboxylic acid groups (broad SMARTS) is 1. The molecule has 1 unspecified atom stereocenters. The lowest BCUT2D eigenvalue weighted by Gasteiger charge is -2.29. The fourth-order valence-corrected chi connectivity index (χ4v) is 4.58. The van der Waals surface area contributed by atoms with E-state index < -0.39 is 6.09 Å². The third-order valence-corrected chi connectivity index (χ3v) is 6.01. The predicted octanol–water partition coefficient (Wildman–Crippen LogP) is 4.09. The average Bonchev–Trinajstić information content (AvgIpc) is 2.91. The number of amides is 1. The predicted molar refractivity (Wildman–Crippen MR) is 111 cm³/mol. The summed E-state index contributed by atoms with van der Waals surface area (Å²) < 4.78 is 21.6. The van der Waals surface area contributed by atoms with Crippen molar-refractivity contribution in [3.8, 4) is 23.0 Å². The highest BCUT2D eigenvalue weighted by Gasteiger charge is 2.31. The van der Waals surface area contributed by atoms with Crippen molar-refractivity contribution in [2.45, 2.75) is 17.4 Å². The molecule has 8 heteroatoms. The van der Waals surface area contributed by atoms with Gasteiger partial charge in [0.2, 0.25) is 0 Å². The smallest absolute Gasteiger partial charge is 0.407 e. The van der Waals surface area contributed by atoms with E-state index in [4.69, 9.17) is 18.9 Å². The standard InChI is InChI=1S/C21H25NO6S/c1-25-16-6-5-13(10-17(16)26-2)9-15-14-11-18(27-3)19(28-4)12-20(14)29-8-7-22(15)21(23)24/h5-6,10-12,15H,7-9H2,1-4H3,(H,23,24). The van der Waals surface area contributed by atoms with Crippen LogP contribution in [0, 0.1) is 0 Å². The van der Waals surface area contributed by atoms with E-state index in [1.807, 2.05) is 30.3 Å². The van der Waals surface area contributed by atoms with E-state index in [-0.39, 0.29) is 6.04 Å². The third kappa shape index (κ3) is 4.32. The number of rotatable bonds is 6. The van der Waals surface area contributed by atoms with Gasteiger partial charge in [-0.3, -0.25) is 0 Å². The number of fused-ring (bicyclic) bond motifs is 1.